The lowest BCUT2D eigenvalue weighted by Crippen LogP contribution is -2.42. The van der Waals surface area contributed by atoms with E-state index in [1.54, 1.807) is 17.5 Å². The number of hydrogen-bond donors (Lipinski definition) is 3. The topological polar surface area (TPSA) is 75.3 Å². The van der Waals surface area contributed by atoms with Gasteiger partial charge in [-0.2, -0.15) is 0 Å². The average molecular weight is 241 g/mol. The fourth-order valence-electron chi connectivity index (χ4n) is 1.20. The van der Waals surface area contributed by atoms with Crippen molar-refractivity contribution in [3.05, 3.63) is 16.6 Å². The Labute approximate surface area is 100 Å². The molecule has 0 spiro atoms. The molecule has 0 aromatic carbocycles. The number of unbranched alkanes of at least 4 members (excludes halogenated alkanes) is 1. The first-order valence-electron chi connectivity index (χ1n) is 5.45. The molecule has 1 atom stereocenters. The van der Waals surface area contributed by atoms with Crippen molar-refractivity contribution in [1.29, 1.82) is 0 Å². The molecular formula is C10H19N5S. The van der Waals surface area contributed by atoms with Gasteiger partial charge < -0.3 is 5.32 Å². The summed E-state index contributed by atoms with van der Waals surface area (Å²) in [5.41, 5.74) is 2.57. The predicted molar refractivity (Wildman–Crippen MR) is 68.2 cm³/mol. The number of aliphatic imine (C=N–C) groups is 1. The number of hydrogen-bond acceptors (Lipinski definition) is 4. The van der Waals surface area contributed by atoms with Crippen molar-refractivity contribution in [2.75, 3.05) is 6.54 Å². The van der Waals surface area contributed by atoms with Crippen molar-refractivity contribution >= 4 is 17.3 Å². The summed E-state index contributed by atoms with van der Waals surface area (Å²) in [5.74, 6) is 6.02. The quantitative estimate of drug-likeness (QED) is 0.239. The Balaban J connectivity index is 2.46. The summed E-state index contributed by atoms with van der Waals surface area (Å²) in [6.07, 6.45) is 3.99. The summed E-state index contributed by atoms with van der Waals surface area (Å²) in [7, 11) is 0. The molecule has 4 N–H and O–H groups in total. The minimum absolute atomic E-state index is 0.122. The summed E-state index contributed by atoms with van der Waals surface area (Å²) in [4.78, 5) is 8.56. The number of rotatable bonds is 5. The molecule has 0 aliphatic carbocycles. The largest absolute Gasteiger partial charge is 0.346 e. The smallest absolute Gasteiger partial charge is 0.206 e. The summed E-state index contributed by atoms with van der Waals surface area (Å²) >= 11 is 1.61. The molecule has 0 fully saturated rings. The van der Waals surface area contributed by atoms with Crippen LogP contribution in [0.3, 0.4) is 0 Å². The maximum Gasteiger partial charge on any atom is 0.206 e. The van der Waals surface area contributed by atoms with Gasteiger partial charge in [0.25, 0.3) is 0 Å². The third kappa shape index (κ3) is 4.16. The van der Waals surface area contributed by atoms with Crippen molar-refractivity contribution in [1.82, 2.24) is 15.7 Å². The summed E-state index contributed by atoms with van der Waals surface area (Å²) in [6.45, 7) is 4.95. The van der Waals surface area contributed by atoms with Crippen molar-refractivity contribution in [2.45, 2.75) is 32.7 Å². The van der Waals surface area contributed by atoms with E-state index in [9.17, 15) is 0 Å². The first-order chi connectivity index (χ1) is 7.77. The van der Waals surface area contributed by atoms with Crippen LogP contribution in [0.4, 0.5) is 0 Å². The van der Waals surface area contributed by atoms with Crippen LogP contribution in [0.5, 0.6) is 0 Å². The zero-order valence-electron chi connectivity index (χ0n) is 9.73. The molecule has 1 unspecified atom stereocenters. The molecule has 1 rings (SSSR count). The SMILES string of the molecule is CCCCN=C(NN)NC(C)c1nccs1. The van der Waals surface area contributed by atoms with Crippen LogP contribution in [0.1, 0.15) is 37.7 Å². The molecular weight excluding hydrogens is 222 g/mol. The molecule has 0 aliphatic heterocycles. The lowest BCUT2D eigenvalue weighted by atomic mass is 10.3. The highest BCUT2D eigenvalue weighted by molar-refractivity contribution is 7.09. The van der Waals surface area contributed by atoms with Gasteiger partial charge in [-0.1, -0.05) is 13.3 Å². The van der Waals surface area contributed by atoms with Crippen molar-refractivity contribution in [2.24, 2.45) is 10.8 Å². The van der Waals surface area contributed by atoms with Gasteiger partial charge in [0.2, 0.25) is 5.96 Å². The van der Waals surface area contributed by atoms with Crippen LogP contribution >= 0.6 is 11.3 Å². The van der Waals surface area contributed by atoms with E-state index in [1.165, 1.54) is 0 Å². The lowest BCUT2D eigenvalue weighted by molar-refractivity contribution is 0.679. The van der Waals surface area contributed by atoms with E-state index >= 15 is 0 Å². The Morgan fingerprint density at radius 2 is 2.50 bits per heavy atom. The molecule has 6 heteroatoms. The molecule has 5 nitrogen and oxygen atoms in total. The van der Waals surface area contributed by atoms with E-state index in [0.717, 1.165) is 24.4 Å². The van der Waals surface area contributed by atoms with E-state index < -0.39 is 0 Å². The van der Waals surface area contributed by atoms with Gasteiger partial charge in [0.15, 0.2) is 0 Å². The molecule has 1 aromatic heterocycles. The number of aromatic nitrogens is 1. The highest BCUT2D eigenvalue weighted by atomic mass is 32.1. The number of nitrogens with zero attached hydrogens (tertiary/aromatic N) is 2. The van der Waals surface area contributed by atoms with Crippen LogP contribution in [0.15, 0.2) is 16.6 Å². The minimum Gasteiger partial charge on any atom is -0.346 e. The van der Waals surface area contributed by atoms with Gasteiger partial charge in [0.1, 0.15) is 5.01 Å². The molecule has 0 saturated heterocycles. The standard InChI is InChI=1S/C10H19N5S/c1-3-4-5-13-10(15-11)14-8(2)9-12-6-7-16-9/h6-8H,3-5,11H2,1-2H3,(H2,13,14,15). The van der Waals surface area contributed by atoms with Gasteiger partial charge >= 0.3 is 0 Å². The zero-order valence-corrected chi connectivity index (χ0v) is 10.5. The third-order valence-corrected chi connectivity index (χ3v) is 3.05. The number of hydrazine groups is 1. The Bertz CT molecular complexity index is 309. The monoisotopic (exact) mass is 241 g/mol. The van der Waals surface area contributed by atoms with Gasteiger partial charge in [0.05, 0.1) is 6.04 Å². The summed E-state index contributed by atoms with van der Waals surface area (Å²) in [6, 6.07) is 0.122. The maximum absolute atomic E-state index is 5.40. The highest BCUT2D eigenvalue weighted by Gasteiger charge is 2.08. The van der Waals surface area contributed by atoms with E-state index in [-0.39, 0.29) is 6.04 Å². The normalized spacial score (nSPS) is 13.6. The fourth-order valence-corrected chi connectivity index (χ4v) is 1.84. The van der Waals surface area contributed by atoms with E-state index in [1.807, 2.05) is 12.3 Å². The molecule has 0 radical (unpaired) electrons. The first kappa shape index (κ1) is 12.9. The summed E-state index contributed by atoms with van der Waals surface area (Å²) in [5, 5.41) is 6.17. The van der Waals surface area contributed by atoms with Crippen LogP contribution in [0, 0.1) is 0 Å². The number of nitrogens with two attached hydrogens (primary N) is 1. The maximum atomic E-state index is 5.40. The van der Waals surface area contributed by atoms with Gasteiger partial charge in [-0.05, 0) is 13.3 Å². The third-order valence-electron chi connectivity index (χ3n) is 2.09. The number of thiazole rings is 1. The minimum atomic E-state index is 0.122. The molecule has 1 heterocycles. The van der Waals surface area contributed by atoms with Gasteiger partial charge in [-0.25, -0.2) is 10.8 Å². The molecule has 1 aromatic rings. The van der Waals surface area contributed by atoms with Crippen LogP contribution in [0.25, 0.3) is 0 Å². The first-order valence-corrected chi connectivity index (χ1v) is 6.32. The molecule has 0 aliphatic rings. The Morgan fingerprint density at radius 1 is 1.69 bits per heavy atom. The van der Waals surface area contributed by atoms with Crippen LogP contribution in [-0.4, -0.2) is 17.5 Å². The second-order valence-corrected chi connectivity index (χ2v) is 4.39. The molecule has 0 bridgehead atoms. The molecule has 90 valence electrons. The molecule has 16 heavy (non-hydrogen) atoms. The van der Waals surface area contributed by atoms with Crippen molar-refractivity contribution < 1.29 is 0 Å². The van der Waals surface area contributed by atoms with E-state index in [4.69, 9.17) is 5.84 Å². The second-order valence-electron chi connectivity index (χ2n) is 3.46. The second kappa shape index (κ2) is 7.19. The number of nitrogens with one attached hydrogen (secondary N) is 2. The Hall–Kier alpha value is -1.14. The van der Waals surface area contributed by atoms with Crippen molar-refractivity contribution in [3.8, 4) is 0 Å². The molecule has 0 saturated carbocycles. The Kier molecular flexibility index (Phi) is 5.81. The lowest BCUT2D eigenvalue weighted by Gasteiger charge is -2.14. The van der Waals surface area contributed by atoms with Gasteiger partial charge in [-0.15, -0.1) is 11.3 Å². The van der Waals surface area contributed by atoms with E-state index in [0.29, 0.717) is 5.96 Å². The predicted octanol–water partition coefficient (Wildman–Crippen LogP) is 1.41. The van der Waals surface area contributed by atoms with Crippen LogP contribution < -0.4 is 16.6 Å². The van der Waals surface area contributed by atoms with Gasteiger partial charge in [0, 0.05) is 18.1 Å². The zero-order chi connectivity index (χ0) is 11.8. The van der Waals surface area contributed by atoms with Crippen molar-refractivity contribution in [3.63, 3.8) is 0 Å². The highest BCUT2D eigenvalue weighted by Crippen LogP contribution is 2.14. The summed E-state index contributed by atoms with van der Waals surface area (Å²) < 4.78 is 0. The fraction of sp³-hybridized carbons (Fsp3) is 0.600. The van der Waals surface area contributed by atoms with Crippen LogP contribution in [-0.2, 0) is 0 Å². The number of guanidine groups is 1. The average Bonchev–Trinajstić information content (AvgIpc) is 2.81. The Morgan fingerprint density at radius 3 is 3.06 bits per heavy atom. The van der Waals surface area contributed by atoms with Crippen LogP contribution in [0.2, 0.25) is 0 Å². The molecule has 0 amide bonds. The van der Waals surface area contributed by atoms with Gasteiger partial charge in [-0.3, -0.25) is 10.4 Å². The van der Waals surface area contributed by atoms with E-state index in [2.05, 4.69) is 27.6 Å².